The van der Waals surface area contributed by atoms with E-state index in [4.69, 9.17) is 4.52 Å². The summed E-state index contributed by atoms with van der Waals surface area (Å²) in [6, 6.07) is 4.25. The summed E-state index contributed by atoms with van der Waals surface area (Å²) in [5.41, 5.74) is 1.76. The zero-order valence-corrected chi connectivity index (χ0v) is 13.9. The number of pyridine rings is 1. The molecule has 0 bridgehead atoms. The predicted octanol–water partition coefficient (Wildman–Crippen LogP) is 3.09. The number of rotatable bonds is 3. The van der Waals surface area contributed by atoms with Crippen molar-refractivity contribution in [3.63, 3.8) is 0 Å². The summed E-state index contributed by atoms with van der Waals surface area (Å²) in [6.07, 6.45) is 8.23. The molecule has 0 unspecified atom stereocenters. The molecule has 2 aliphatic rings. The van der Waals surface area contributed by atoms with Crippen molar-refractivity contribution in [2.75, 3.05) is 6.54 Å². The van der Waals surface area contributed by atoms with Crippen molar-refractivity contribution in [1.82, 2.24) is 20.0 Å². The van der Waals surface area contributed by atoms with Crippen molar-refractivity contribution in [2.45, 2.75) is 57.4 Å². The van der Waals surface area contributed by atoms with Crippen LogP contribution in [0.1, 0.15) is 56.0 Å². The zero-order valence-electron chi connectivity index (χ0n) is 13.9. The van der Waals surface area contributed by atoms with E-state index < -0.39 is 0 Å². The molecule has 4 rings (SSSR count). The average molecular weight is 326 g/mol. The van der Waals surface area contributed by atoms with Gasteiger partial charge in [-0.15, -0.1) is 0 Å². The fourth-order valence-corrected chi connectivity index (χ4v) is 3.76. The minimum Gasteiger partial charge on any atom is -0.339 e. The van der Waals surface area contributed by atoms with Gasteiger partial charge in [-0.05, 0) is 31.9 Å². The van der Waals surface area contributed by atoms with E-state index >= 15 is 0 Å². The van der Waals surface area contributed by atoms with Gasteiger partial charge in [-0.2, -0.15) is 4.98 Å². The van der Waals surface area contributed by atoms with Crippen LogP contribution in [0, 0.1) is 6.92 Å². The molecule has 1 aliphatic carbocycles. The summed E-state index contributed by atoms with van der Waals surface area (Å²) in [7, 11) is 0. The van der Waals surface area contributed by atoms with E-state index in [9.17, 15) is 4.79 Å². The summed E-state index contributed by atoms with van der Waals surface area (Å²) in [4.78, 5) is 23.2. The highest BCUT2D eigenvalue weighted by atomic mass is 16.5. The van der Waals surface area contributed by atoms with Crippen LogP contribution in [0.15, 0.2) is 22.9 Å². The number of amides is 1. The number of carbonyl (C=O) groups is 1. The standard InChI is InChI=1S/C18H22N4O2/c1-12-7-8-13(10-19-12)18-20-17(21-24-18)14-9-16(23)22(11-14)15-5-3-2-4-6-15/h7-8,10,14-15H,2-6,9,11H2,1H3/t14-/m1/s1. The lowest BCUT2D eigenvalue weighted by molar-refractivity contribution is -0.130. The largest absolute Gasteiger partial charge is 0.339 e. The zero-order chi connectivity index (χ0) is 16.5. The molecule has 3 heterocycles. The molecule has 0 N–H and O–H groups in total. The molecule has 6 heteroatoms. The van der Waals surface area contributed by atoms with Gasteiger partial charge >= 0.3 is 0 Å². The van der Waals surface area contributed by atoms with Crippen molar-refractivity contribution < 1.29 is 9.32 Å². The third-order valence-corrected chi connectivity index (χ3v) is 5.14. The Balaban J connectivity index is 1.48. The monoisotopic (exact) mass is 326 g/mol. The van der Waals surface area contributed by atoms with Gasteiger partial charge in [-0.25, -0.2) is 0 Å². The van der Waals surface area contributed by atoms with Gasteiger partial charge in [0.1, 0.15) is 0 Å². The Labute approximate surface area is 141 Å². The lowest BCUT2D eigenvalue weighted by atomic mass is 9.94. The Hall–Kier alpha value is -2.24. The van der Waals surface area contributed by atoms with Gasteiger partial charge in [0.15, 0.2) is 5.82 Å². The van der Waals surface area contributed by atoms with Gasteiger partial charge in [0.2, 0.25) is 5.91 Å². The Morgan fingerprint density at radius 1 is 1.21 bits per heavy atom. The van der Waals surface area contributed by atoms with E-state index in [2.05, 4.69) is 15.1 Å². The molecule has 2 aromatic rings. The minimum atomic E-state index is 0.0373. The molecular formula is C18H22N4O2. The molecule has 0 aromatic carbocycles. The highest BCUT2D eigenvalue weighted by molar-refractivity contribution is 5.80. The molecule has 24 heavy (non-hydrogen) atoms. The lowest BCUT2D eigenvalue weighted by Crippen LogP contribution is -2.37. The first-order valence-corrected chi connectivity index (χ1v) is 8.77. The van der Waals surface area contributed by atoms with E-state index in [1.165, 1.54) is 19.3 Å². The molecule has 2 aromatic heterocycles. The topological polar surface area (TPSA) is 72.1 Å². The van der Waals surface area contributed by atoms with Gasteiger partial charge in [0.05, 0.1) is 5.56 Å². The quantitative estimate of drug-likeness (QED) is 0.866. The summed E-state index contributed by atoms with van der Waals surface area (Å²) in [5.74, 6) is 1.38. The molecule has 1 aliphatic heterocycles. The first kappa shape index (κ1) is 15.3. The minimum absolute atomic E-state index is 0.0373. The fraction of sp³-hybridized carbons (Fsp3) is 0.556. The SMILES string of the molecule is Cc1ccc(-c2nc([C@@H]3CC(=O)N(C4CCCCC4)C3)no2)cn1. The van der Waals surface area contributed by atoms with Crippen molar-refractivity contribution in [2.24, 2.45) is 0 Å². The number of carbonyl (C=O) groups excluding carboxylic acids is 1. The number of likely N-dealkylation sites (tertiary alicyclic amines) is 1. The van der Waals surface area contributed by atoms with Crippen LogP contribution in [0.4, 0.5) is 0 Å². The maximum absolute atomic E-state index is 12.4. The third-order valence-electron chi connectivity index (χ3n) is 5.14. The fourth-order valence-electron chi connectivity index (χ4n) is 3.76. The summed E-state index contributed by atoms with van der Waals surface area (Å²) in [6.45, 7) is 2.65. The lowest BCUT2D eigenvalue weighted by Gasteiger charge is -2.31. The van der Waals surface area contributed by atoms with Crippen LogP contribution in [-0.4, -0.2) is 38.5 Å². The van der Waals surface area contributed by atoms with Crippen molar-refractivity contribution in [3.05, 3.63) is 29.8 Å². The molecule has 126 valence electrons. The van der Waals surface area contributed by atoms with Gasteiger partial charge in [0.25, 0.3) is 5.89 Å². The highest BCUT2D eigenvalue weighted by Gasteiger charge is 2.37. The van der Waals surface area contributed by atoms with Gasteiger partial charge in [-0.3, -0.25) is 9.78 Å². The Morgan fingerprint density at radius 2 is 2.04 bits per heavy atom. The van der Waals surface area contributed by atoms with E-state index in [-0.39, 0.29) is 11.8 Å². The van der Waals surface area contributed by atoms with Crippen LogP contribution >= 0.6 is 0 Å². The van der Waals surface area contributed by atoms with Gasteiger partial charge in [-0.1, -0.05) is 24.4 Å². The van der Waals surface area contributed by atoms with E-state index in [0.29, 0.717) is 30.7 Å². The number of hydrogen-bond acceptors (Lipinski definition) is 5. The van der Waals surface area contributed by atoms with Crippen LogP contribution in [0.5, 0.6) is 0 Å². The number of nitrogens with zero attached hydrogens (tertiary/aromatic N) is 4. The normalized spacial score (nSPS) is 22.3. The molecule has 1 saturated carbocycles. The first-order chi connectivity index (χ1) is 11.7. The van der Waals surface area contributed by atoms with Crippen molar-refractivity contribution >= 4 is 5.91 Å². The second kappa shape index (κ2) is 6.34. The molecule has 0 spiro atoms. The molecule has 2 fully saturated rings. The van der Waals surface area contributed by atoms with E-state index in [1.807, 2.05) is 24.0 Å². The second-order valence-electron chi connectivity index (χ2n) is 6.88. The van der Waals surface area contributed by atoms with Crippen LogP contribution < -0.4 is 0 Å². The molecule has 1 amide bonds. The Bertz CT molecular complexity index is 719. The molecule has 6 nitrogen and oxygen atoms in total. The average Bonchev–Trinajstić information content (AvgIpc) is 3.23. The Morgan fingerprint density at radius 3 is 2.79 bits per heavy atom. The predicted molar refractivity (Wildman–Crippen MR) is 88.2 cm³/mol. The van der Waals surface area contributed by atoms with E-state index in [0.717, 1.165) is 24.1 Å². The Kier molecular flexibility index (Phi) is 4.04. The molecule has 0 radical (unpaired) electrons. The molecular weight excluding hydrogens is 304 g/mol. The smallest absolute Gasteiger partial charge is 0.259 e. The van der Waals surface area contributed by atoms with Crippen molar-refractivity contribution in [3.8, 4) is 11.5 Å². The summed E-state index contributed by atoms with van der Waals surface area (Å²) >= 11 is 0. The second-order valence-corrected chi connectivity index (χ2v) is 6.88. The van der Waals surface area contributed by atoms with Crippen molar-refractivity contribution in [1.29, 1.82) is 0 Å². The maximum Gasteiger partial charge on any atom is 0.259 e. The highest BCUT2D eigenvalue weighted by Crippen LogP contribution is 2.33. The van der Waals surface area contributed by atoms with Crippen LogP contribution in [-0.2, 0) is 4.79 Å². The molecule has 1 saturated heterocycles. The van der Waals surface area contributed by atoms with Gasteiger partial charge in [0, 0.05) is 36.8 Å². The first-order valence-electron chi connectivity index (χ1n) is 8.77. The maximum atomic E-state index is 12.4. The number of aromatic nitrogens is 3. The summed E-state index contributed by atoms with van der Waals surface area (Å²) in [5, 5.41) is 4.12. The summed E-state index contributed by atoms with van der Waals surface area (Å²) < 4.78 is 5.39. The van der Waals surface area contributed by atoms with Crippen LogP contribution in [0.3, 0.4) is 0 Å². The molecule has 1 atom stereocenters. The number of hydrogen-bond donors (Lipinski definition) is 0. The van der Waals surface area contributed by atoms with E-state index in [1.54, 1.807) is 6.20 Å². The third kappa shape index (κ3) is 2.92. The van der Waals surface area contributed by atoms with Crippen LogP contribution in [0.2, 0.25) is 0 Å². The van der Waals surface area contributed by atoms with Crippen LogP contribution in [0.25, 0.3) is 11.5 Å². The number of aryl methyl sites for hydroxylation is 1. The van der Waals surface area contributed by atoms with Gasteiger partial charge < -0.3 is 9.42 Å².